The Kier molecular flexibility index (Phi) is 4.34. The van der Waals surface area contributed by atoms with Gasteiger partial charge in [0.1, 0.15) is 17.1 Å². The van der Waals surface area contributed by atoms with E-state index in [1.165, 1.54) is 25.1 Å². The van der Waals surface area contributed by atoms with E-state index in [4.69, 9.17) is 10.00 Å². The molecule has 0 radical (unpaired) electrons. The van der Waals surface area contributed by atoms with E-state index >= 15 is 0 Å². The third-order valence-corrected chi connectivity index (χ3v) is 4.28. The summed E-state index contributed by atoms with van der Waals surface area (Å²) in [7, 11) is 1.50. The van der Waals surface area contributed by atoms with Gasteiger partial charge in [-0.05, 0) is 30.9 Å². The molecule has 0 saturated heterocycles. The molecule has 2 aromatic rings. The van der Waals surface area contributed by atoms with Gasteiger partial charge in [-0.2, -0.15) is 5.26 Å². The minimum absolute atomic E-state index is 0.490. The van der Waals surface area contributed by atoms with Crippen LogP contribution < -0.4 is 4.74 Å². The molecule has 0 aliphatic carbocycles. The molecule has 0 amide bonds. The van der Waals surface area contributed by atoms with Gasteiger partial charge in [-0.25, -0.2) is 0 Å². The average Bonchev–Trinajstić information content (AvgIpc) is 2.47. The van der Waals surface area contributed by atoms with E-state index in [1.807, 2.05) is 6.92 Å². The third kappa shape index (κ3) is 2.65. The first kappa shape index (κ1) is 15.1. The fraction of sp³-hybridized carbons (Fsp3) is 0.267. The normalized spacial score (nSPS) is 11.9. The standard InChI is InChI=1S/C15H14N2O3S/c1-8-9(6-16)7-17-12-4-11(14(21-3)15(18)19)13(20-2)5-10(8)12/h4-5,7,14H,1-3H3,(H,18,19). The van der Waals surface area contributed by atoms with Gasteiger partial charge < -0.3 is 9.84 Å². The van der Waals surface area contributed by atoms with Gasteiger partial charge in [0, 0.05) is 17.1 Å². The number of benzene rings is 1. The predicted octanol–water partition coefficient (Wildman–Crippen LogP) is 2.91. The highest BCUT2D eigenvalue weighted by Gasteiger charge is 2.23. The van der Waals surface area contributed by atoms with Crippen molar-refractivity contribution in [3.8, 4) is 11.8 Å². The first-order valence-electron chi connectivity index (χ1n) is 6.16. The summed E-state index contributed by atoms with van der Waals surface area (Å²) in [6, 6.07) is 5.56. The molecule has 1 heterocycles. The van der Waals surface area contributed by atoms with E-state index in [0.717, 1.165) is 10.9 Å². The third-order valence-electron chi connectivity index (χ3n) is 3.35. The zero-order chi connectivity index (χ0) is 15.6. The zero-order valence-electron chi connectivity index (χ0n) is 11.9. The number of thioether (sulfide) groups is 1. The van der Waals surface area contributed by atoms with Gasteiger partial charge in [0.25, 0.3) is 0 Å². The number of nitrogens with zero attached hydrogens (tertiary/aromatic N) is 2. The van der Waals surface area contributed by atoms with Crippen molar-refractivity contribution in [1.82, 2.24) is 4.98 Å². The molecule has 2 rings (SSSR count). The molecule has 1 atom stereocenters. The number of pyridine rings is 1. The summed E-state index contributed by atoms with van der Waals surface area (Å²) in [5.41, 5.74) is 2.53. The van der Waals surface area contributed by atoms with Crippen LogP contribution in [0.4, 0.5) is 0 Å². The Hall–Kier alpha value is -2.26. The van der Waals surface area contributed by atoms with Crippen molar-refractivity contribution in [2.75, 3.05) is 13.4 Å². The van der Waals surface area contributed by atoms with Gasteiger partial charge >= 0.3 is 5.97 Å². The smallest absolute Gasteiger partial charge is 0.321 e. The molecule has 0 saturated carbocycles. The second-order valence-corrected chi connectivity index (χ2v) is 5.42. The lowest BCUT2D eigenvalue weighted by atomic mass is 10.0. The van der Waals surface area contributed by atoms with E-state index in [1.54, 1.807) is 18.4 Å². The molecule has 1 aromatic heterocycles. The molecule has 0 aliphatic rings. The molecule has 5 nitrogen and oxygen atoms in total. The lowest BCUT2D eigenvalue weighted by molar-refractivity contribution is -0.136. The lowest BCUT2D eigenvalue weighted by Crippen LogP contribution is -2.09. The van der Waals surface area contributed by atoms with E-state index in [0.29, 0.717) is 22.4 Å². The Morgan fingerprint density at radius 2 is 2.24 bits per heavy atom. The SMILES string of the molecule is COc1cc2c(C)c(C#N)cnc2cc1C(SC)C(=O)O. The number of carboxylic acids is 1. The van der Waals surface area contributed by atoms with Crippen molar-refractivity contribution in [2.45, 2.75) is 12.2 Å². The summed E-state index contributed by atoms with van der Waals surface area (Å²) in [5.74, 6) is -0.435. The van der Waals surface area contributed by atoms with E-state index in [9.17, 15) is 9.90 Å². The molecule has 1 aromatic carbocycles. The number of carboxylic acid groups (broad SMARTS) is 1. The monoisotopic (exact) mass is 302 g/mol. The molecule has 1 N–H and O–H groups in total. The Morgan fingerprint density at radius 3 is 2.76 bits per heavy atom. The van der Waals surface area contributed by atoms with Crippen LogP contribution >= 0.6 is 11.8 Å². The average molecular weight is 302 g/mol. The predicted molar refractivity (Wildman–Crippen MR) is 81.6 cm³/mol. The topological polar surface area (TPSA) is 83.2 Å². The second kappa shape index (κ2) is 6.02. The molecule has 0 aliphatic heterocycles. The van der Waals surface area contributed by atoms with Crippen LogP contribution in [0.3, 0.4) is 0 Å². The number of aliphatic carboxylic acids is 1. The van der Waals surface area contributed by atoms with Crippen LogP contribution in [0.25, 0.3) is 10.9 Å². The number of nitriles is 1. The van der Waals surface area contributed by atoms with Gasteiger partial charge in [0.2, 0.25) is 0 Å². The van der Waals surface area contributed by atoms with Crippen molar-refractivity contribution >= 4 is 28.6 Å². The van der Waals surface area contributed by atoms with E-state index in [2.05, 4.69) is 11.1 Å². The molecular weight excluding hydrogens is 288 g/mol. The summed E-state index contributed by atoms with van der Waals surface area (Å²) >= 11 is 1.22. The maximum Gasteiger partial charge on any atom is 0.321 e. The number of rotatable bonds is 4. The molecular formula is C15H14N2O3S. The molecule has 0 spiro atoms. The lowest BCUT2D eigenvalue weighted by Gasteiger charge is -2.16. The van der Waals surface area contributed by atoms with Crippen LogP contribution in [-0.2, 0) is 4.79 Å². The summed E-state index contributed by atoms with van der Waals surface area (Å²) < 4.78 is 5.33. The van der Waals surface area contributed by atoms with Crippen LogP contribution in [0.5, 0.6) is 5.75 Å². The van der Waals surface area contributed by atoms with Crippen molar-refractivity contribution in [2.24, 2.45) is 0 Å². The number of carbonyl (C=O) groups is 1. The van der Waals surface area contributed by atoms with Gasteiger partial charge in [-0.1, -0.05) is 0 Å². The largest absolute Gasteiger partial charge is 0.496 e. The Labute approximate surface area is 126 Å². The van der Waals surface area contributed by atoms with Crippen molar-refractivity contribution in [3.63, 3.8) is 0 Å². The first-order chi connectivity index (χ1) is 10.0. The Bertz CT molecular complexity index is 753. The van der Waals surface area contributed by atoms with Crippen LogP contribution in [0.1, 0.15) is 21.9 Å². The van der Waals surface area contributed by atoms with Gasteiger partial charge in [0.05, 0.1) is 18.2 Å². The quantitative estimate of drug-likeness (QED) is 0.935. The summed E-state index contributed by atoms with van der Waals surface area (Å²) in [6.07, 6.45) is 3.24. The van der Waals surface area contributed by atoms with Crippen molar-refractivity contribution in [1.29, 1.82) is 5.26 Å². The number of ether oxygens (including phenoxy) is 1. The van der Waals surface area contributed by atoms with E-state index < -0.39 is 11.2 Å². The molecule has 108 valence electrons. The van der Waals surface area contributed by atoms with Gasteiger partial charge in [-0.15, -0.1) is 11.8 Å². The Morgan fingerprint density at radius 1 is 1.52 bits per heavy atom. The highest BCUT2D eigenvalue weighted by Crippen LogP contribution is 2.37. The molecule has 0 fully saturated rings. The number of fused-ring (bicyclic) bond motifs is 1. The number of aromatic nitrogens is 1. The summed E-state index contributed by atoms with van der Waals surface area (Å²) in [6.45, 7) is 1.84. The number of hydrogen-bond acceptors (Lipinski definition) is 5. The highest BCUT2D eigenvalue weighted by molar-refractivity contribution is 7.99. The zero-order valence-corrected chi connectivity index (χ0v) is 12.7. The minimum atomic E-state index is -0.925. The number of methoxy groups -OCH3 is 1. The minimum Gasteiger partial charge on any atom is -0.496 e. The van der Waals surface area contributed by atoms with Crippen molar-refractivity contribution in [3.05, 3.63) is 35.0 Å². The van der Waals surface area contributed by atoms with Gasteiger partial charge in [-0.3, -0.25) is 9.78 Å². The molecule has 6 heteroatoms. The maximum atomic E-state index is 11.4. The first-order valence-corrected chi connectivity index (χ1v) is 7.45. The number of aryl methyl sites for hydroxylation is 1. The fourth-order valence-corrected chi connectivity index (χ4v) is 2.86. The van der Waals surface area contributed by atoms with Crippen LogP contribution in [-0.4, -0.2) is 29.4 Å². The summed E-state index contributed by atoms with van der Waals surface area (Å²) in [5, 5.41) is 18.4. The second-order valence-electron chi connectivity index (χ2n) is 4.47. The van der Waals surface area contributed by atoms with Gasteiger partial charge in [0.15, 0.2) is 0 Å². The molecule has 1 unspecified atom stereocenters. The van der Waals surface area contributed by atoms with Crippen LogP contribution in [0.15, 0.2) is 18.3 Å². The van der Waals surface area contributed by atoms with E-state index in [-0.39, 0.29) is 0 Å². The van der Waals surface area contributed by atoms with Crippen molar-refractivity contribution < 1.29 is 14.6 Å². The maximum absolute atomic E-state index is 11.4. The fourth-order valence-electron chi connectivity index (χ4n) is 2.22. The van der Waals surface area contributed by atoms with Crippen LogP contribution in [0.2, 0.25) is 0 Å². The van der Waals surface area contributed by atoms with Crippen LogP contribution in [0, 0.1) is 18.3 Å². The molecule has 21 heavy (non-hydrogen) atoms. The molecule has 0 bridgehead atoms. The highest BCUT2D eigenvalue weighted by atomic mass is 32.2. The Balaban J connectivity index is 2.75. The number of hydrogen-bond donors (Lipinski definition) is 1. The summed E-state index contributed by atoms with van der Waals surface area (Å²) in [4.78, 5) is 15.6.